The maximum absolute atomic E-state index is 13.4. The summed E-state index contributed by atoms with van der Waals surface area (Å²) in [5, 5.41) is 2.02. The average Bonchev–Trinajstić information content (AvgIpc) is 2.56. The first-order valence-electron chi connectivity index (χ1n) is 6.67. The third-order valence-electron chi connectivity index (χ3n) is 2.95. The van der Waals surface area contributed by atoms with E-state index in [0.717, 1.165) is 12.1 Å². The number of esters is 1. The summed E-state index contributed by atoms with van der Waals surface area (Å²) in [6, 6.07) is 7.65. The molecule has 0 saturated heterocycles. The number of anilines is 1. The fraction of sp³-hybridized carbons (Fsp3) is 0.125. The summed E-state index contributed by atoms with van der Waals surface area (Å²) in [5.41, 5.74) is -0.404. The molecule has 0 unspecified atom stereocenters. The lowest BCUT2D eigenvalue weighted by atomic mass is 10.2. The molecule has 8 heteroatoms. The highest BCUT2D eigenvalue weighted by Gasteiger charge is 2.15. The molecule has 0 aliphatic carbocycles. The third-order valence-corrected chi connectivity index (χ3v) is 3.57. The van der Waals surface area contributed by atoms with Crippen LogP contribution in [-0.2, 0) is 9.53 Å². The van der Waals surface area contributed by atoms with E-state index in [4.69, 9.17) is 9.47 Å². The van der Waals surface area contributed by atoms with E-state index in [1.807, 2.05) is 5.32 Å². The number of para-hydroxylation sites is 1. The summed E-state index contributed by atoms with van der Waals surface area (Å²) in [4.78, 5) is 23.5. The zero-order valence-corrected chi connectivity index (χ0v) is 14.0. The van der Waals surface area contributed by atoms with Crippen molar-refractivity contribution in [1.82, 2.24) is 0 Å². The molecule has 0 aliphatic heterocycles. The first-order chi connectivity index (χ1) is 11.4. The highest BCUT2D eigenvalue weighted by atomic mass is 79.9. The lowest BCUT2D eigenvalue weighted by molar-refractivity contribution is -0.119. The summed E-state index contributed by atoms with van der Waals surface area (Å²) in [5.74, 6) is -2.94. The number of carbonyl (C=O) groups excluding carboxylic acids is 2. The molecule has 0 aliphatic rings. The van der Waals surface area contributed by atoms with E-state index < -0.39 is 35.8 Å². The molecule has 0 saturated carbocycles. The Bertz CT molecular complexity index is 762. The van der Waals surface area contributed by atoms with Crippen LogP contribution in [0.1, 0.15) is 10.4 Å². The fourth-order valence-corrected chi connectivity index (χ4v) is 2.34. The highest BCUT2D eigenvalue weighted by molar-refractivity contribution is 9.10. The van der Waals surface area contributed by atoms with Crippen LogP contribution in [0.25, 0.3) is 0 Å². The van der Waals surface area contributed by atoms with Crippen LogP contribution < -0.4 is 10.1 Å². The molecule has 1 amide bonds. The van der Waals surface area contributed by atoms with E-state index in [-0.39, 0.29) is 5.56 Å². The van der Waals surface area contributed by atoms with Crippen LogP contribution in [0.4, 0.5) is 14.5 Å². The predicted octanol–water partition coefficient (Wildman–Crippen LogP) is 3.53. The summed E-state index contributed by atoms with van der Waals surface area (Å²) in [7, 11) is 1.48. The number of carbonyl (C=O) groups is 2. The molecule has 0 bridgehead atoms. The largest absolute Gasteiger partial charge is 0.496 e. The molecule has 24 heavy (non-hydrogen) atoms. The van der Waals surface area contributed by atoms with Gasteiger partial charge in [-0.05, 0) is 46.3 Å². The van der Waals surface area contributed by atoms with Crippen LogP contribution in [0, 0.1) is 11.6 Å². The quantitative estimate of drug-likeness (QED) is 0.781. The number of rotatable bonds is 5. The molecule has 0 aromatic heterocycles. The minimum atomic E-state index is -0.922. The van der Waals surface area contributed by atoms with Crippen LogP contribution in [0.3, 0.4) is 0 Å². The van der Waals surface area contributed by atoms with Crippen LogP contribution in [0.2, 0.25) is 0 Å². The van der Waals surface area contributed by atoms with Gasteiger partial charge in [0.15, 0.2) is 6.61 Å². The second-order valence-corrected chi connectivity index (χ2v) is 5.42. The monoisotopic (exact) mass is 399 g/mol. The molecule has 5 nitrogen and oxygen atoms in total. The Labute approximate surface area is 144 Å². The van der Waals surface area contributed by atoms with Crippen LogP contribution in [-0.4, -0.2) is 25.6 Å². The molecule has 2 rings (SSSR count). The summed E-state index contributed by atoms with van der Waals surface area (Å²) in [6.07, 6.45) is 0. The Hall–Kier alpha value is -2.48. The van der Waals surface area contributed by atoms with Crippen molar-refractivity contribution in [3.63, 3.8) is 0 Å². The molecule has 0 radical (unpaired) electrons. The lowest BCUT2D eigenvalue weighted by Crippen LogP contribution is -2.22. The predicted molar refractivity (Wildman–Crippen MR) is 86.0 cm³/mol. The number of benzene rings is 2. The second-order valence-electron chi connectivity index (χ2n) is 4.57. The second kappa shape index (κ2) is 7.87. The van der Waals surface area contributed by atoms with E-state index in [0.29, 0.717) is 10.2 Å². The number of methoxy groups -OCH3 is 1. The SMILES string of the molecule is COc1ccc(C(=O)OCC(=O)Nc2c(F)cccc2F)cc1Br. The summed E-state index contributed by atoms with van der Waals surface area (Å²) < 4.78 is 37.2. The van der Waals surface area contributed by atoms with Gasteiger partial charge in [-0.25, -0.2) is 13.6 Å². The maximum Gasteiger partial charge on any atom is 0.338 e. The van der Waals surface area contributed by atoms with Gasteiger partial charge in [-0.3, -0.25) is 4.79 Å². The molecule has 2 aromatic rings. The molecule has 126 valence electrons. The van der Waals surface area contributed by atoms with Gasteiger partial charge in [-0.2, -0.15) is 0 Å². The fourth-order valence-electron chi connectivity index (χ4n) is 1.80. The van der Waals surface area contributed by atoms with Crippen LogP contribution >= 0.6 is 15.9 Å². The first-order valence-corrected chi connectivity index (χ1v) is 7.46. The van der Waals surface area contributed by atoms with Gasteiger partial charge < -0.3 is 14.8 Å². The average molecular weight is 400 g/mol. The Balaban J connectivity index is 1.96. The minimum absolute atomic E-state index is 0.188. The van der Waals surface area contributed by atoms with Crippen LogP contribution in [0.15, 0.2) is 40.9 Å². The van der Waals surface area contributed by atoms with E-state index in [2.05, 4.69) is 15.9 Å². The van der Waals surface area contributed by atoms with Gasteiger partial charge in [0.2, 0.25) is 0 Å². The number of nitrogens with one attached hydrogen (secondary N) is 1. The molecule has 2 aromatic carbocycles. The van der Waals surface area contributed by atoms with Crippen molar-refractivity contribution >= 4 is 33.5 Å². The number of ether oxygens (including phenoxy) is 2. The number of amides is 1. The molecular weight excluding hydrogens is 388 g/mol. The first kappa shape index (κ1) is 17.9. The van der Waals surface area contributed by atoms with Crippen molar-refractivity contribution in [2.24, 2.45) is 0 Å². The van der Waals surface area contributed by atoms with E-state index in [1.165, 1.54) is 25.3 Å². The molecule has 1 N–H and O–H groups in total. The highest BCUT2D eigenvalue weighted by Crippen LogP contribution is 2.25. The van der Waals surface area contributed by atoms with Gasteiger partial charge in [-0.15, -0.1) is 0 Å². The van der Waals surface area contributed by atoms with Crippen molar-refractivity contribution in [3.05, 3.63) is 58.1 Å². The summed E-state index contributed by atoms with van der Waals surface area (Å²) in [6.45, 7) is -0.684. The normalized spacial score (nSPS) is 10.2. The number of hydrogen-bond acceptors (Lipinski definition) is 4. The van der Waals surface area contributed by atoms with Gasteiger partial charge in [0, 0.05) is 0 Å². The lowest BCUT2D eigenvalue weighted by Gasteiger charge is -2.09. The van der Waals surface area contributed by atoms with Gasteiger partial charge in [0.25, 0.3) is 5.91 Å². The Morgan fingerprint density at radius 1 is 1.17 bits per heavy atom. The standard InChI is InChI=1S/C16H12BrF2NO4/c1-23-13-6-5-9(7-10(13)17)16(22)24-8-14(21)20-15-11(18)3-2-4-12(15)19/h2-7H,8H2,1H3,(H,20,21). The smallest absolute Gasteiger partial charge is 0.338 e. The Kier molecular flexibility index (Phi) is 5.86. The maximum atomic E-state index is 13.4. The van der Waals surface area contributed by atoms with Crippen molar-refractivity contribution in [2.75, 3.05) is 19.0 Å². The van der Waals surface area contributed by atoms with E-state index in [1.54, 1.807) is 6.07 Å². The minimum Gasteiger partial charge on any atom is -0.496 e. The van der Waals surface area contributed by atoms with Gasteiger partial charge in [-0.1, -0.05) is 6.07 Å². The Morgan fingerprint density at radius 3 is 2.42 bits per heavy atom. The Morgan fingerprint density at radius 2 is 1.83 bits per heavy atom. The molecule has 0 heterocycles. The van der Waals surface area contributed by atoms with Crippen molar-refractivity contribution < 1.29 is 27.8 Å². The number of hydrogen-bond donors (Lipinski definition) is 1. The topological polar surface area (TPSA) is 64.6 Å². The molecule has 0 spiro atoms. The number of halogens is 3. The van der Waals surface area contributed by atoms with Crippen molar-refractivity contribution in [3.8, 4) is 5.75 Å². The van der Waals surface area contributed by atoms with Gasteiger partial charge >= 0.3 is 5.97 Å². The third kappa shape index (κ3) is 4.29. The zero-order chi connectivity index (χ0) is 17.7. The van der Waals surface area contributed by atoms with Crippen molar-refractivity contribution in [1.29, 1.82) is 0 Å². The zero-order valence-electron chi connectivity index (χ0n) is 12.4. The van der Waals surface area contributed by atoms with E-state index in [9.17, 15) is 18.4 Å². The van der Waals surface area contributed by atoms with E-state index >= 15 is 0 Å². The van der Waals surface area contributed by atoms with Crippen LogP contribution in [0.5, 0.6) is 5.75 Å². The van der Waals surface area contributed by atoms with Gasteiger partial charge in [0.05, 0.1) is 17.1 Å². The van der Waals surface area contributed by atoms with Gasteiger partial charge in [0.1, 0.15) is 23.1 Å². The molecule has 0 fully saturated rings. The molecule has 0 atom stereocenters. The van der Waals surface area contributed by atoms with Crippen molar-refractivity contribution in [2.45, 2.75) is 0 Å². The molecular formula is C16H12BrF2NO4. The summed E-state index contributed by atoms with van der Waals surface area (Å²) >= 11 is 3.22.